The van der Waals surface area contributed by atoms with Crippen molar-refractivity contribution in [1.82, 2.24) is 0 Å². The predicted octanol–water partition coefficient (Wildman–Crippen LogP) is 3.21. The second-order valence-electron chi connectivity index (χ2n) is 5.09. The maximum Gasteiger partial charge on any atom is 0.412 e. The summed E-state index contributed by atoms with van der Waals surface area (Å²) < 4.78 is 13.9. The summed E-state index contributed by atoms with van der Waals surface area (Å²) in [6, 6.07) is 0.764. The molecule has 1 aromatic rings. The van der Waals surface area contributed by atoms with Crippen LogP contribution in [0.3, 0.4) is 0 Å². The minimum Gasteiger partial charge on any atom is -0.450 e. The lowest BCUT2D eigenvalue weighted by Crippen LogP contribution is -2.20. The van der Waals surface area contributed by atoms with Gasteiger partial charge in [0.2, 0.25) is 5.69 Å². The second kappa shape index (κ2) is 11.0. The standard InChI is InChI=1S/C15H19N5O10/c1-4-28-13(21)16-8-7-9(17-14(22)29-5-2)12(20(26)27)10(11(8)19(24)25)18-15(23)30-6-3/h7H,4-6H2,1-3H3,(H,16,21)(H,17,22)(H,18,23). The van der Waals surface area contributed by atoms with Gasteiger partial charge in [0.25, 0.3) is 0 Å². The summed E-state index contributed by atoms with van der Waals surface area (Å²) >= 11 is 0. The van der Waals surface area contributed by atoms with Gasteiger partial charge in [0.05, 0.1) is 29.7 Å². The van der Waals surface area contributed by atoms with Gasteiger partial charge in [-0.1, -0.05) is 0 Å². The third kappa shape index (κ3) is 6.18. The molecule has 0 radical (unpaired) electrons. The summed E-state index contributed by atoms with van der Waals surface area (Å²) in [5.41, 5.74) is -4.18. The lowest BCUT2D eigenvalue weighted by Gasteiger charge is -2.14. The molecule has 3 amide bonds. The van der Waals surface area contributed by atoms with Crippen LogP contribution in [-0.2, 0) is 14.2 Å². The van der Waals surface area contributed by atoms with E-state index in [9.17, 15) is 34.6 Å². The third-order valence-electron chi connectivity index (χ3n) is 3.16. The lowest BCUT2D eigenvalue weighted by molar-refractivity contribution is -0.391. The first-order chi connectivity index (χ1) is 14.2. The van der Waals surface area contributed by atoms with Crippen molar-refractivity contribution in [3.05, 3.63) is 26.3 Å². The molecule has 1 rings (SSSR count). The van der Waals surface area contributed by atoms with Gasteiger partial charge in [-0.15, -0.1) is 0 Å². The fraction of sp³-hybridized carbons (Fsp3) is 0.400. The van der Waals surface area contributed by atoms with Gasteiger partial charge in [0, 0.05) is 0 Å². The molecule has 15 heteroatoms. The maximum atomic E-state index is 11.8. The fourth-order valence-electron chi connectivity index (χ4n) is 2.17. The highest BCUT2D eigenvalue weighted by Gasteiger charge is 2.36. The van der Waals surface area contributed by atoms with Crippen LogP contribution in [0.25, 0.3) is 0 Å². The zero-order chi connectivity index (χ0) is 22.8. The van der Waals surface area contributed by atoms with Crippen molar-refractivity contribution in [2.45, 2.75) is 20.8 Å². The number of ether oxygens (including phenoxy) is 3. The Hall–Kier alpha value is -4.17. The van der Waals surface area contributed by atoms with Gasteiger partial charge in [0.1, 0.15) is 11.4 Å². The van der Waals surface area contributed by atoms with E-state index in [2.05, 4.69) is 14.2 Å². The number of anilines is 3. The molecule has 0 fully saturated rings. The summed E-state index contributed by atoms with van der Waals surface area (Å²) in [7, 11) is 0. The molecule has 0 aliphatic carbocycles. The van der Waals surface area contributed by atoms with Gasteiger partial charge in [-0.2, -0.15) is 0 Å². The van der Waals surface area contributed by atoms with E-state index in [1.807, 2.05) is 16.0 Å². The van der Waals surface area contributed by atoms with Crippen molar-refractivity contribution in [3.63, 3.8) is 0 Å². The number of hydrogen-bond donors (Lipinski definition) is 3. The molecule has 164 valence electrons. The highest BCUT2D eigenvalue weighted by molar-refractivity contribution is 6.04. The molecule has 0 saturated heterocycles. The molecular weight excluding hydrogens is 410 g/mol. The summed E-state index contributed by atoms with van der Waals surface area (Å²) in [6.07, 6.45) is -3.46. The minimum atomic E-state index is -1.24. The Morgan fingerprint density at radius 1 is 0.767 bits per heavy atom. The first kappa shape index (κ1) is 23.9. The van der Waals surface area contributed by atoms with Gasteiger partial charge >= 0.3 is 29.7 Å². The number of nitro benzene ring substituents is 2. The Balaban J connectivity index is 3.76. The highest BCUT2D eigenvalue weighted by Crippen LogP contribution is 2.45. The molecule has 1 aromatic carbocycles. The molecule has 0 aliphatic rings. The third-order valence-corrected chi connectivity index (χ3v) is 3.16. The quantitative estimate of drug-likeness (QED) is 0.313. The first-order valence-corrected chi connectivity index (χ1v) is 8.47. The Kier molecular flexibility index (Phi) is 8.74. The number of carbonyl (C=O) groups excluding carboxylic acids is 3. The van der Waals surface area contributed by atoms with E-state index in [0.29, 0.717) is 0 Å². The minimum absolute atomic E-state index is 0.0749. The van der Waals surface area contributed by atoms with E-state index in [-0.39, 0.29) is 19.8 Å². The molecule has 0 heterocycles. The lowest BCUT2D eigenvalue weighted by atomic mass is 10.1. The predicted molar refractivity (Wildman–Crippen MR) is 102 cm³/mol. The van der Waals surface area contributed by atoms with Crippen LogP contribution < -0.4 is 16.0 Å². The van der Waals surface area contributed by atoms with E-state index in [1.165, 1.54) is 20.8 Å². The zero-order valence-corrected chi connectivity index (χ0v) is 16.2. The van der Waals surface area contributed by atoms with Crippen molar-refractivity contribution >= 4 is 46.7 Å². The molecule has 0 bridgehead atoms. The molecule has 15 nitrogen and oxygen atoms in total. The van der Waals surface area contributed by atoms with Crippen molar-refractivity contribution in [2.24, 2.45) is 0 Å². The molecule has 0 unspecified atom stereocenters. The average molecular weight is 429 g/mol. The van der Waals surface area contributed by atoms with Gasteiger partial charge in [-0.3, -0.25) is 36.2 Å². The van der Waals surface area contributed by atoms with Crippen LogP contribution in [0.15, 0.2) is 6.07 Å². The number of nitro groups is 2. The van der Waals surface area contributed by atoms with Crippen LogP contribution in [0.2, 0.25) is 0 Å². The molecule has 0 aromatic heterocycles. The number of nitrogens with one attached hydrogen (secondary N) is 3. The van der Waals surface area contributed by atoms with Crippen molar-refractivity contribution in [1.29, 1.82) is 0 Å². The number of benzene rings is 1. The number of nitrogens with zero attached hydrogens (tertiary/aromatic N) is 2. The van der Waals surface area contributed by atoms with Crippen LogP contribution in [-0.4, -0.2) is 47.9 Å². The summed E-state index contributed by atoms with van der Waals surface area (Å²) in [5, 5.41) is 29.2. The molecule has 3 N–H and O–H groups in total. The smallest absolute Gasteiger partial charge is 0.412 e. The Bertz CT molecular complexity index is 800. The van der Waals surface area contributed by atoms with E-state index in [4.69, 9.17) is 0 Å². The first-order valence-electron chi connectivity index (χ1n) is 8.47. The zero-order valence-electron chi connectivity index (χ0n) is 16.2. The Morgan fingerprint density at radius 3 is 1.40 bits per heavy atom. The van der Waals surface area contributed by atoms with Crippen LogP contribution in [0.5, 0.6) is 0 Å². The second-order valence-corrected chi connectivity index (χ2v) is 5.09. The number of hydrogen-bond acceptors (Lipinski definition) is 10. The van der Waals surface area contributed by atoms with E-state index in [0.717, 1.165) is 6.07 Å². The molecule has 0 spiro atoms. The van der Waals surface area contributed by atoms with E-state index in [1.54, 1.807) is 0 Å². The molecule has 0 atom stereocenters. The largest absolute Gasteiger partial charge is 0.450 e. The van der Waals surface area contributed by atoms with Gasteiger partial charge < -0.3 is 14.2 Å². The molecular formula is C15H19N5O10. The number of carbonyl (C=O) groups is 3. The summed E-state index contributed by atoms with van der Waals surface area (Å²) in [6.45, 7) is 4.11. The maximum absolute atomic E-state index is 11.8. The monoisotopic (exact) mass is 429 g/mol. The van der Waals surface area contributed by atoms with Crippen LogP contribution in [0.1, 0.15) is 20.8 Å². The van der Waals surface area contributed by atoms with Crippen molar-refractivity contribution < 1.29 is 38.4 Å². The topological polar surface area (TPSA) is 201 Å². The summed E-state index contributed by atoms with van der Waals surface area (Å²) in [5.74, 6) is 0. The number of rotatable bonds is 8. The van der Waals surface area contributed by atoms with Gasteiger partial charge in [-0.05, 0) is 26.8 Å². The Labute approximate surface area is 168 Å². The van der Waals surface area contributed by atoms with Crippen LogP contribution in [0.4, 0.5) is 42.8 Å². The molecule has 0 saturated carbocycles. The van der Waals surface area contributed by atoms with Crippen molar-refractivity contribution in [2.75, 3.05) is 35.8 Å². The normalized spacial score (nSPS) is 9.83. The van der Waals surface area contributed by atoms with Crippen LogP contribution in [0, 0.1) is 20.2 Å². The molecule has 0 aliphatic heterocycles. The Morgan fingerprint density at radius 2 is 1.10 bits per heavy atom. The van der Waals surface area contributed by atoms with Crippen LogP contribution >= 0.6 is 0 Å². The molecule has 30 heavy (non-hydrogen) atoms. The average Bonchev–Trinajstić information content (AvgIpc) is 2.61. The van der Waals surface area contributed by atoms with Gasteiger partial charge in [0.15, 0.2) is 0 Å². The fourth-order valence-corrected chi connectivity index (χ4v) is 2.17. The van der Waals surface area contributed by atoms with Crippen molar-refractivity contribution in [3.8, 4) is 0 Å². The van der Waals surface area contributed by atoms with Gasteiger partial charge in [-0.25, -0.2) is 14.4 Å². The highest BCUT2D eigenvalue weighted by atomic mass is 16.6. The summed E-state index contributed by atoms with van der Waals surface area (Å²) in [4.78, 5) is 56.5. The van der Waals surface area contributed by atoms with E-state index >= 15 is 0 Å². The van der Waals surface area contributed by atoms with E-state index < -0.39 is 56.6 Å². The SMILES string of the molecule is CCOC(=O)Nc1cc(NC(=O)OCC)c([N+](=O)[O-])c(NC(=O)OCC)c1[N+](=O)[O-]. The number of amides is 3.